The molecule has 0 saturated carbocycles. The van der Waals surface area contributed by atoms with E-state index in [9.17, 15) is 5.11 Å². The molecule has 1 N–H and O–H groups in total. The van der Waals surface area contributed by atoms with E-state index < -0.39 is 0 Å². The van der Waals surface area contributed by atoms with Crippen molar-refractivity contribution >= 4 is 0 Å². The fourth-order valence-electron chi connectivity index (χ4n) is 2.27. The SMILES string of the molecule is CCCCCCCCCCCC(O)CCCC. The van der Waals surface area contributed by atoms with Crippen molar-refractivity contribution in [1.82, 2.24) is 0 Å². The predicted molar refractivity (Wildman–Crippen MR) is 77.4 cm³/mol. The monoisotopic (exact) mass is 242 g/mol. The van der Waals surface area contributed by atoms with Crippen LogP contribution in [0.5, 0.6) is 0 Å². The third kappa shape index (κ3) is 13.9. The molecule has 1 nitrogen and oxygen atoms in total. The van der Waals surface area contributed by atoms with E-state index in [2.05, 4.69) is 13.8 Å². The summed E-state index contributed by atoms with van der Waals surface area (Å²) in [4.78, 5) is 0. The van der Waals surface area contributed by atoms with Gasteiger partial charge in [-0.3, -0.25) is 0 Å². The highest BCUT2D eigenvalue weighted by molar-refractivity contribution is 4.56. The fourth-order valence-corrected chi connectivity index (χ4v) is 2.27. The lowest BCUT2D eigenvalue weighted by Crippen LogP contribution is -2.05. The maximum absolute atomic E-state index is 9.68. The van der Waals surface area contributed by atoms with Crippen LogP contribution in [0.1, 0.15) is 97.3 Å². The first-order valence-electron chi connectivity index (χ1n) is 7.99. The van der Waals surface area contributed by atoms with Gasteiger partial charge < -0.3 is 5.11 Å². The standard InChI is InChI=1S/C16H34O/c1-3-5-7-8-9-10-11-12-13-15-16(17)14-6-4-2/h16-17H,3-15H2,1-2H3. The number of hydrogen-bond acceptors (Lipinski definition) is 1. The number of hydrogen-bond donors (Lipinski definition) is 1. The van der Waals surface area contributed by atoms with Crippen molar-refractivity contribution in [3.8, 4) is 0 Å². The number of aliphatic hydroxyl groups excluding tert-OH is 1. The second kappa shape index (κ2) is 14.0. The topological polar surface area (TPSA) is 20.2 Å². The Labute approximate surface area is 109 Å². The van der Waals surface area contributed by atoms with E-state index in [4.69, 9.17) is 0 Å². The van der Waals surface area contributed by atoms with Crippen LogP contribution in [-0.4, -0.2) is 11.2 Å². The van der Waals surface area contributed by atoms with Gasteiger partial charge in [0.1, 0.15) is 0 Å². The molecule has 1 atom stereocenters. The zero-order valence-corrected chi connectivity index (χ0v) is 12.2. The lowest BCUT2D eigenvalue weighted by Gasteiger charge is -2.09. The summed E-state index contributed by atoms with van der Waals surface area (Å²) < 4.78 is 0. The molecule has 0 aliphatic heterocycles. The van der Waals surface area contributed by atoms with Gasteiger partial charge in [0.2, 0.25) is 0 Å². The van der Waals surface area contributed by atoms with Crippen molar-refractivity contribution in [2.45, 2.75) is 103 Å². The fraction of sp³-hybridized carbons (Fsp3) is 1.00. The molecular formula is C16H34O. The summed E-state index contributed by atoms with van der Waals surface area (Å²) in [6.45, 7) is 4.45. The van der Waals surface area contributed by atoms with E-state index in [0.29, 0.717) is 0 Å². The van der Waals surface area contributed by atoms with Crippen molar-refractivity contribution in [2.75, 3.05) is 0 Å². The molecule has 0 amide bonds. The quantitative estimate of drug-likeness (QED) is 0.425. The minimum absolute atomic E-state index is 0.0282. The Morgan fingerprint density at radius 1 is 0.588 bits per heavy atom. The van der Waals surface area contributed by atoms with Crippen molar-refractivity contribution in [1.29, 1.82) is 0 Å². The van der Waals surface area contributed by atoms with Gasteiger partial charge in [-0.2, -0.15) is 0 Å². The van der Waals surface area contributed by atoms with Crippen LogP contribution >= 0.6 is 0 Å². The second-order valence-corrected chi connectivity index (χ2v) is 5.41. The van der Waals surface area contributed by atoms with Crippen molar-refractivity contribution in [2.24, 2.45) is 0 Å². The molecule has 0 heterocycles. The van der Waals surface area contributed by atoms with Crippen molar-refractivity contribution < 1.29 is 5.11 Å². The Bertz CT molecular complexity index is 133. The molecule has 0 spiro atoms. The van der Waals surface area contributed by atoms with Gasteiger partial charge >= 0.3 is 0 Å². The molecule has 0 rings (SSSR count). The third-order valence-electron chi connectivity index (χ3n) is 3.53. The zero-order valence-electron chi connectivity index (χ0n) is 12.2. The van der Waals surface area contributed by atoms with E-state index in [-0.39, 0.29) is 6.10 Å². The van der Waals surface area contributed by atoms with E-state index in [1.165, 1.54) is 70.6 Å². The number of aliphatic hydroxyl groups is 1. The molecule has 0 saturated heterocycles. The maximum atomic E-state index is 9.68. The zero-order chi connectivity index (χ0) is 12.8. The van der Waals surface area contributed by atoms with Gasteiger partial charge in [-0.05, 0) is 12.8 Å². The normalized spacial score (nSPS) is 12.9. The van der Waals surface area contributed by atoms with Gasteiger partial charge in [-0.15, -0.1) is 0 Å². The van der Waals surface area contributed by atoms with Crippen molar-refractivity contribution in [3.05, 3.63) is 0 Å². The van der Waals surface area contributed by atoms with Crippen molar-refractivity contribution in [3.63, 3.8) is 0 Å². The molecular weight excluding hydrogens is 208 g/mol. The van der Waals surface area contributed by atoms with E-state index in [1.807, 2.05) is 0 Å². The first kappa shape index (κ1) is 17.0. The van der Waals surface area contributed by atoms with Crippen LogP contribution in [0.3, 0.4) is 0 Å². The van der Waals surface area contributed by atoms with Gasteiger partial charge in [-0.25, -0.2) is 0 Å². The summed E-state index contributed by atoms with van der Waals surface area (Å²) in [5.74, 6) is 0. The smallest absolute Gasteiger partial charge is 0.0540 e. The second-order valence-electron chi connectivity index (χ2n) is 5.41. The molecule has 1 unspecified atom stereocenters. The molecule has 0 aromatic rings. The maximum Gasteiger partial charge on any atom is 0.0540 e. The summed E-state index contributed by atoms with van der Waals surface area (Å²) in [6.07, 6.45) is 16.7. The first-order chi connectivity index (χ1) is 8.31. The molecule has 0 aromatic heterocycles. The summed E-state index contributed by atoms with van der Waals surface area (Å²) in [6, 6.07) is 0. The molecule has 1 heteroatoms. The third-order valence-corrected chi connectivity index (χ3v) is 3.53. The molecule has 0 bridgehead atoms. The lowest BCUT2D eigenvalue weighted by molar-refractivity contribution is 0.148. The van der Waals surface area contributed by atoms with Crippen LogP contribution in [-0.2, 0) is 0 Å². The first-order valence-corrected chi connectivity index (χ1v) is 7.99. The Morgan fingerprint density at radius 3 is 1.53 bits per heavy atom. The van der Waals surface area contributed by atoms with Crippen LogP contribution in [0, 0.1) is 0 Å². The van der Waals surface area contributed by atoms with Crippen LogP contribution < -0.4 is 0 Å². The Balaban J connectivity index is 3.02. The van der Waals surface area contributed by atoms with E-state index >= 15 is 0 Å². The summed E-state index contributed by atoms with van der Waals surface area (Å²) in [5, 5.41) is 9.68. The Morgan fingerprint density at radius 2 is 1.00 bits per heavy atom. The van der Waals surface area contributed by atoms with Gasteiger partial charge in [0.25, 0.3) is 0 Å². The molecule has 0 aromatic carbocycles. The summed E-state index contributed by atoms with van der Waals surface area (Å²) >= 11 is 0. The highest BCUT2D eigenvalue weighted by Gasteiger charge is 2.02. The summed E-state index contributed by atoms with van der Waals surface area (Å²) in [5.41, 5.74) is 0. The van der Waals surface area contributed by atoms with Crippen LogP contribution in [0.2, 0.25) is 0 Å². The highest BCUT2D eigenvalue weighted by Crippen LogP contribution is 2.13. The average molecular weight is 242 g/mol. The van der Waals surface area contributed by atoms with E-state index in [0.717, 1.165) is 12.8 Å². The minimum Gasteiger partial charge on any atom is -0.393 e. The molecule has 0 aliphatic carbocycles. The Kier molecular flexibility index (Phi) is 14.0. The minimum atomic E-state index is -0.0282. The number of unbranched alkanes of at least 4 members (excludes halogenated alkanes) is 9. The van der Waals surface area contributed by atoms with Crippen LogP contribution in [0.25, 0.3) is 0 Å². The number of rotatable bonds is 13. The molecule has 0 fully saturated rings. The molecule has 0 aliphatic rings. The largest absolute Gasteiger partial charge is 0.393 e. The molecule has 104 valence electrons. The molecule has 0 radical (unpaired) electrons. The van der Waals surface area contributed by atoms with E-state index in [1.54, 1.807) is 0 Å². The molecule has 17 heavy (non-hydrogen) atoms. The Hall–Kier alpha value is -0.0400. The average Bonchev–Trinajstić information content (AvgIpc) is 2.34. The lowest BCUT2D eigenvalue weighted by atomic mass is 10.0. The van der Waals surface area contributed by atoms with Gasteiger partial charge in [0.05, 0.1) is 6.10 Å². The van der Waals surface area contributed by atoms with Crippen LogP contribution in [0.4, 0.5) is 0 Å². The summed E-state index contributed by atoms with van der Waals surface area (Å²) in [7, 11) is 0. The van der Waals surface area contributed by atoms with Gasteiger partial charge in [0.15, 0.2) is 0 Å². The van der Waals surface area contributed by atoms with Gasteiger partial charge in [-0.1, -0.05) is 84.5 Å². The van der Waals surface area contributed by atoms with Gasteiger partial charge in [0, 0.05) is 0 Å². The van der Waals surface area contributed by atoms with Crippen LogP contribution in [0.15, 0.2) is 0 Å². The predicted octanol–water partition coefficient (Wildman–Crippen LogP) is 5.46. The highest BCUT2D eigenvalue weighted by atomic mass is 16.3.